The van der Waals surface area contributed by atoms with E-state index in [0.29, 0.717) is 6.54 Å². The molecule has 2 rings (SSSR count). The average molecular weight is 219 g/mol. The van der Waals surface area contributed by atoms with Crippen molar-refractivity contribution >= 4 is 10.0 Å². The largest absolute Gasteiger partial charge is 0.394 e. The summed E-state index contributed by atoms with van der Waals surface area (Å²) in [4.78, 5) is 0. The quantitative estimate of drug-likeness (QED) is 0.721. The summed E-state index contributed by atoms with van der Waals surface area (Å²) in [6.45, 7) is 2.50. The minimum atomic E-state index is -3.09. The summed E-state index contributed by atoms with van der Waals surface area (Å²) in [5, 5.41) is 9.31. The Kier molecular flexibility index (Phi) is 2.36. The fourth-order valence-electron chi connectivity index (χ4n) is 2.46. The Hall–Kier alpha value is -0.130. The zero-order valence-electron chi connectivity index (χ0n) is 8.44. The van der Waals surface area contributed by atoms with Crippen LogP contribution in [0, 0.1) is 5.92 Å². The standard InChI is InChI=1S/C9H17NO3S/c1-8-5-10(14(12,13)6-8)9(7-11)3-2-4-9/h8,11H,2-7H2,1H3. The third-order valence-corrected chi connectivity index (χ3v) is 5.61. The molecule has 5 heteroatoms. The van der Waals surface area contributed by atoms with Crippen LogP contribution in [0.4, 0.5) is 0 Å². The van der Waals surface area contributed by atoms with Gasteiger partial charge in [-0.15, -0.1) is 0 Å². The first-order chi connectivity index (χ1) is 6.50. The van der Waals surface area contributed by atoms with Gasteiger partial charge in [0.15, 0.2) is 0 Å². The summed E-state index contributed by atoms with van der Waals surface area (Å²) >= 11 is 0. The number of hydrogen-bond acceptors (Lipinski definition) is 3. The molecule has 0 aromatic carbocycles. The second-order valence-corrected chi connectivity index (χ2v) is 6.59. The molecule has 2 aliphatic rings. The second-order valence-electron chi connectivity index (χ2n) is 4.65. The van der Waals surface area contributed by atoms with E-state index in [0.717, 1.165) is 19.3 Å². The van der Waals surface area contributed by atoms with Crippen LogP contribution in [-0.2, 0) is 10.0 Å². The number of aliphatic hydroxyl groups excluding tert-OH is 1. The summed E-state index contributed by atoms with van der Waals surface area (Å²) in [5.41, 5.74) is -0.441. The van der Waals surface area contributed by atoms with E-state index in [-0.39, 0.29) is 18.3 Å². The SMILES string of the molecule is CC1CN(C2(CO)CCC2)S(=O)(=O)C1. The lowest BCUT2D eigenvalue weighted by molar-refractivity contribution is 0.0253. The molecule has 0 aromatic heterocycles. The lowest BCUT2D eigenvalue weighted by atomic mass is 9.77. The Morgan fingerprint density at radius 2 is 2.14 bits per heavy atom. The zero-order valence-corrected chi connectivity index (χ0v) is 9.26. The summed E-state index contributed by atoms with van der Waals surface area (Å²) in [5.74, 6) is 0.443. The monoisotopic (exact) mass is 219 g/mol. The van der Waals surface area contributed by atoms with Gasteiger partial charge in [0.05, 0.1) is 17.9 Å². The molecule has 1 unspecified atom stereocenters. The number of sulfonamides is 1. The van der Waals surface area contributed by atoms with Gasteiger partial charge in [0.25, 0.3) is 0 Å². The van der Waals surface area contributed by atoms with Crippen LogP contribution in [0.3, 0.4) is 0 Å². The molecule has 14 heavy (non-hydrogen) atoms. The predicted molar refractivity (Wildman–Crippen MR) is 53.3 cm³/mol. The van der Waals surface area contributed by atoms with Crippen LogP contribution in [0.25, 0.3) is 0 Å². The van der Waals surface area contributed by atoms with E-state index in [1.54, 1.807) is 4.31 Å². The van der Waals surface area contributed by atoms with Crippen LogP contribution in [0.1, 0.15) is 26.2 Å². The van der Waals surface area contributed by atoms with Crippen molar-refractivity contribution in [3.05, 3.63) is 0 Å². The van der Waals surface area contributed by atoms with Crippen LogP contribution in [-0.4, -0.2) is 42.3 Å². The van der Waals surface area contributed by atoms with Gasteiger partial charge in [-0.25, -0.2) is 8.42 Å². The summed E-state index contributed by atoms with van der Waals surface area (Å²) < 4.78 is 25.1. The van der Waals surface area contributed by atoms with E-state index in [1.165, 1.54) is 0 Å². The Labute approximate surface area is 85.0 Å². The van der Waals surface area contributed by atoms with E-state index in [2.05, 4.69) is 0 Å². The van der Waals surface area contributed by atoms with Gasteiger partial charge in [0.1, 0.15) is 0 Å². The highest BCUT2D eigenvalue weighted by atomic mass is 32.2. The second kappa shape index (κ2) is 3.18. The maximum atomic E-state index is 11.8. The molecule has 2 fully saturated rings. The molecule has 1 aliphatic carbocycles. The molecular formula is C9H17NO3S. The van der Waals surface area contributed by atoms with Crippen LogP contribution < -0.4 is 0 Å². The van der Waals surface area contributed by atoms with E-state index in [1.807, 2.05) is 6.92 Å². The van der Waals surface area contributed by atoms with Gasteiger partial charge in [0, 0.05) is 6.54 Å². The van der Waals surface area contributed by atoms with Gasteiger partial charge in [-0.1, -0.05) is 6.92 Å². The normalized spacial score (nSPS) is 35.4. The van der Waals surface area contributed by atoms with Crippen molar-refractivity contribution in [1.82, 2.24) is 4.31 Å². The smallest absolute Gasteiger partial charge is 0.215 e. The first-order valence-corrected chi connectivity index (χ1v) is 6.72. The minimum Gasteiger partial charge on any atom is -0.394 e. The van der Waals surface area contributed by atoms with Crippen molar-refractivity contribution in [2.75, 3.05) is 18.9 Å². The highest BCUT2D eigenvalue weighted by Crippen LogP contribution is 2.41. The Morgan fingerprint density at radius 1 is 1.50 bits per heavy atom. The third-order valence-electron chi connectivity index (χ3n) is 3.42. The summed E-state index contributed by atoms with van der Waals surface area (Å²) in [6.07, 6.45) is 2.66. The fraction of sp³-hybridized carbons (Fsp3) is 1.00. The molecule has 0 amide bonds. The van der Waals surface area contributed by atoms with Gasteiger partial charge in [0.2, 0.25) is 10.0 Å². The van der Waals surface area contributed by atoms with Crippen molar-refractivity contribution in [3.63, 3.8) is 0 Å². The highest BCUT2D eigenvalue weighted by molar-refractivity contribution is 7.89. The number of hydrogen-bond donors (Lipinski definition) is 1. The van der Waals surface area contributed by atoms with Crippen molar-refractivity contribution in [2.45, 2.75) is 31.7 Å². The van der Waals surface area contributed by atoms with Gasteiger partial charge < -0.3 is 5.11 Å². The Morgan fingerprint density at radius 3 is 2.43 bits per heavy atom. The lowest BCUT2D eigenvalue weighted by Crippen LogP contribution is -2.56. The average Bonchev–Trinajstić information content (AvgIpc) is 2.24. The molecule has 1 atom stereocenters. The Balaban J connectivity index is 2.26. The molecule has 1 N–H and O–H groups in total. The molecular weight excluding hydrogens is 202 g/mol. The van der Waals surface area contributed by atoms with E-state index in [9.17, 15) is 13.5 Å². The van der Waals surface area contributed by atoms with E-state index >= 15 is 0 Å². The maximum Gasteiger partial charge on any atom is 0.215 e. The van der Waals surface area contributed by atoms with Crippen molar-refractivity contribution in [2.24, 2.45) is 5.92 Å². The van der Waals surface area contributed by atoms with Gasteiger partial charge in [-0.05, 0) is 25.2 Å². The number of aliphatic hydroxyl groups is 1. The molecule has 1 saturated heterocycles. The van der Waals surface area contributed by atoms with Gasteiger partial charge in [-0.3, -0.25) is 0 Å². The minimum absolute atomic E-state index is 0.0288. The first-order valence-electron chi connectivity index (χ1n) is 5.12. The van der Waals surface area contributed by atoms with E-state index in [4.69, 9.17) is 0 Å². The molecule has 0 radical (unpaired) electrons. The van der Waals surface area contributed by atoms with Gasteiger partial charge >= 0.3 is 0 Å². The first kappa shape index (κ1) is 10.4. The van der Waals surface area contributed by atoms with Gasteiger partial charge in [-0.2, -0.15) is 4.31 Å². The maximum absolute atomic E-state index is 11.8. The fourth-order valence-corrected chi connectivity index (χ4v) is 4.78. The highest BCUT2D eigenvalue weighted by Gasteiger charge is 2.50. The van der Waals surface area contributed by atoms with Crippen LogP contribution >= 0.6 is 0 Å². The molecule has 0 bridgehead atoms. The van der Waals surface area contributed by atoms with Crippen LogP contribution in [0.15, 0.2) is 0 Å². The summed E-state index contributed by atoms with van der Waals surface area (Å²) in [7, 11) is -3.09. The molecule has 1 aliphatic heterocycles. The third kappa shape index (κ3) is 1.38. The zero-order chi connectivity index (χ0) is 10.4. The molecule has 82 valence electrons. The predicted octanol–water partition coefficient (Wildman–Crippen LogP) is 0.183. The van der Waals surface area contributed by atoms with Crippen molar-refractivity contribution in [3.8, 4) is 0 Å². The Bertz CT molecular complexity index is 315. The van der Waals surface area contributed by atoms with Crippen LogP contribution in [0.5, 0.6) is 0 Å². The van der Waals surface area contributed by atoms with Crippen LogP contribution in [0.2, 0.25) is 0 Å². The number of nitrogens with zero attached hydrogens (tertiary/aromatic N) is 1. The summed E-state index contributed by atoms with van der Waals surface area (Å²) in [6, 6.07) is 0. The molecule has 1 heterocycles. The van der Waals surface area contributed by atoms with Crippen molar-refractivity contribution < 1.29 is 13.5 Å². The molecule has 0 spiro atoms. The molecule has 4 nitrogen and oxygen atoms in total. The lowest BCUT2D eigenvalue weighted by Gasteiger charge is -2.46. The number of rotatable bonds is 2. The topological polar surface area (TPSA) is 57.6 Å². The van der Waals surface area contributed by atoms with E-state index < -0.39 is 15.6 Å². The van der Waals surface area contributed by atoms with Crippen molar-refractivity contribution in [1.29, 1.82) is 0 Å². The molecule has 0 aromatic rings. The molecule has 1 saturated carbocycles.